The average Bonchev–Trinajstić information content (AvgIpc) is 2.05. The lowest BCUT2D eigenvalue weighted by atomic mass is 10.0. The molecular formula is C9H9N. The zero-order valence-electron chi connectivity index (χ0n) is 5.72. The summed E-state index contributed by atoms with van der Waals surface area (Å²) in [6.45, 7) is 4.03. The van der Waals surface area contributed by atoms with Crippen molar-refractivity contribution in [3.63, 3.8) is 0 Å². The first-order chi connectivity index (χ1) is 4.97. The molecule has 1 N–H and O–H groups in total. The van der Waals surface area contributed by atoms with Crippen LogP contribution in [0, 0.1) is 6.54 Å². The molecule has 2 rings (SSSR count). The first kappa shape index (κ1) is 5.93. The van der Waals surface area contributed by atoms with Crippen LogP contribution in [0.2, 0.25) is 0 Å². The maximum absolute atomic E-state index is 3.09. The average molecular weight is 131 g/mol. The fourth-order valence-electron chi connectivity index (χ4n) is 1.22. The van der Waals surface area contributed by atoms with Gasteiger partial charge < -0.3 is 5.32 Å². The summed E-state index contributed by atoms with van der Waals surface area (Å²) >= 11 is 0. The van der Waals surface area contributed by atoms with Crippen molar-refractivity contribution in [1.82, 2.24) is 5.32 Å². The highest BCUT2D eigenvalue weighted by molar-refractivity contribution is 5.30. The van der Waals surface area contributed by atoms with Crippen molar-refractivity contribution in [3.8, 4) is 0 Å². The molecular weight excluding hydrogens is 122 g/mol. The van der Waals surface area contributed by atoms with E-state index in [1.165, 1.54) is 11.1 Å². The van der Waals surface area contributed by atoms with Crippen LogP contribution < -0.4 is 5.32 Å². The van der Waals surface area contributed by atoms with Gasteiger partial charge in [-0.2, -0.15) is 0 Å². The molecule has 0 atom stereocenters. The SMILES string of the molecule is [C]1Cc2ccccc2CN1. The maximum Gasteiger partial charge on any atom is 0.0636 e. The van der Waals surface area contributed by atoms with Gasteiger partial charge in [0.25, 0.3) is 0 Å². The van der Waals surface area contributed by atoms with Crippen LogP contribution in [0.25, 0.3) is 0 Å². The van der Waals surface area contributed by atoms with Gasteiger partial charge in [0, 0.05) is 6.54 Å². The molecule has 1 aromatic carbocycles. The Labute approximate surface area is 61.1 Å². The third kappa shape index (κ3) is 0.929. The number of fused-ring (bicyclic) bond motifs is 1. The lowest BCUT2D eigenvalue weighted by Gasteiger charge is -2.14. The predicted molar refractivity (Wildman–Crippen MR) is 40.2 cm³/mol. The van der Waals surface area contributed by atoms with Crippen molar-refractivity contribution in [3.05, 3.63) is 41.9 Å². The molecule has 0 saturated carbocycles. The van der Waals surface area contributed by atoms with Gasteiger partial charge in [0.2, 0.25) is 0 Å². The molecule has 1 aromatic rings. The van der Waals surface area contributed by atoms with Gasteiger partial charge in [-0.1, -0.05) is 24.3 Å². The summed E-state index contributed by atoms with van der Waals surface area (Å²) in [6, 6.07) is 8.46. The second-order valence-electron chi connectivity index (χ2n) is 2.48. The number of hydrogen-bond acceptors (Lipinski definition) is 1. The molecule has 0 fully saturated rings. The van der Waals surface area contributed by atoms with E-state index in [4.69, 9.17) is 0 Å². The minimum atomic E-state index is 0.941. The van der Waals surface area contributed by atoms with Gasteiger partial charge >= 0.3 is 0 Å². The summed E-state index contributed by atoms with van der Waals surface area (Å²) in [6.07, 6.45) is 0.941. The summed E-state index contributed by atoms with van der Waals surface area (Å²) in [5, 5.41) is 3.09. The molecule has 1 heterocycles. The summed E-state index contributed by atoms with van der Waals surface area (Å²) in [5.74, 6) is 0. The monoisotopic (exact) mass is 131 g/mol. The summed E-state index contributed by atoms with van der Waals surface area (Å²) in [7, 11) is 0. The van der Waals surface area contributed by atoms with Gasteiger partial charge in [0.1, 0.15) is 0 Å². The zero-order valence-corrected chi connectivity index (χ0v) is 5.72. The summed E-state index contributed by atoms with van der Waals surface area (Å²) in [5.41, 5.74) is 2.81. The van der Waals surface area contributed by atoms with Crippen LogP contribution in [0.15, 0.2) is 24.3 Å². The van der Waals surface area contributed by atoms with E-state index in [1.807, 2.05) is 0 Å². The highest BCUT2D eigenvalue weighted by Crippen LogP contribution is 2.13. The molecule has 0 amide bonds. The van der Waals surface area contributed by atoms with Crippen LogP contribution in [0.3, 0.4) is 0 Å². The van der Waals surface area contributed by atoms with Crippen LogP contribution in [0.1, 0.15) is 11.1 Å². The normalized spacial score (nSPS) is 16.4. The number of hydrogen-bond donors (Lipinski definition) is 1. The number of nitrogens with one attached hydrogen (secondary N) is 1. The Kier molecular flexibility index (Phi) is 1.44. The molecule has 2 radical (unpaired) electrons. The Bertz CT molecular complexity index is 205. The molecule has 1 heteroatoms. The second-order valence-corrected chi connectivity index (χ2v) is 2.48. The van der Waals surface area contributed by atoms with E-state index in [1.54, 1.807) is 0 Å². The smallest absolute Gasteiger partial charge is 0.0636 e. The Morgan fingerprint density at radius 3 is 2.80 bits per heavy atom. The summed E-state index contributed by atoms with van der Waals surface area (Å²) < 4.78 is 0. The van der Waals surface area contributed by atoms with Crippen LogP contribution in [-0.2, 0) is 13.0 Å². The molecule has 10 heavy (non-hydrogen) atoms. The predicted octanol–water partition coefficient (Wildman–Crippen LogP) is 1.37. The van der Waals surface area contributed by atoms with E-state index in [2.05, 4.69) is 36.1 Å². The topological polar surface area (TPSA) is 12.0 Å². The lowest BCUT2D eigenvalue weighted by Crippen LogP contribution is -2.18. The summed E-state index contributed by atoms with van der Waals surface area (Å²) in [4.78, 5) is 0. The Hall–Kier alpha value is -0.820. The quantitative estimate of drug-likeness (QED) is 0.560. The molecule has 0 aromatic heterocycles. The Morgan fingerprint density at radius 2 is 2.00 bits per heavy atom. The van der Waals surface area contributed by atoms with Gasteiger partial charge in [-0.15, -0.1) is 0 Å². The van der Waals surface area contributed by atoms with E-state index < -0.39 is 0 Å². The Balaban J connectivity index is 2.41. The first-order valence-corrected chi connectivity index (χ1v) is 3.49. The third-order valence-electron chi connectivity index (χ3n) is 1.80. The van der Waals surface area contributed by atoms with Crippen molar-refractivity contribution in [2.45, 2.75) is 13.0 Å². The van der Waals surface area contributed by atoms with Crippen LogP contribution in [0.5, 0.6) is 0 Å². The molecule has 1 aliphatic rings. The molecule has 0 saturated heterocycles. The highest BCUT2D eigenvalue weighted by atomic mass is 14.9. The first-order valence-electron chi connectivity index (χ1n) is 3.49. The number of rotatable bonds is 0. The van der Waals surface area contributed by atoms with Gasteiger partial charge in [0.15, 0.2) is 0 Å². The van der Waals surface area contributed by atoms with E-state index in [0.29, 0.717) is 0 Å². The Morgan fingerprint density at radius 1 is 1.20 bits per heavy atom. The van der Waals surface area contributed by atoms with E-state index in [9.17, 15) is 0 Å². The molecule has 0 aliphatic carbocycles. The van der Waals surface area contributed by atoms with Crippen molar-refractivity contribution >= 4 is 0 Å². The standard InChI is InChI=1S/C9H9N/c1-2-4-9-7-10-6-5-8(9)3-1/h1-4,10H,5,7H2. The highest BCUT2D eigenvalue weighted by Gasteiger charge is 2.05. The molecule has 1 nitrogen and oxygen atoms in total. The van der Waals surface area contributed by atoms with Crippen molar-refractivity contribution in [2.75, 3.05) is 0 Å². The zero-order chi connectivity index (χ0) is 6.81. The minimum absolute atomic E-state index is 0.941. The molecule has 0 spiro atoms. The van der Waals surface area contributed by atoms with E-state index in [-0.39, 0.29) is 0 Å². The van der Waals surface area contributed by atoms with Crippen LogP contribution in [0.4, 0.5) is 0 Å². The fourth-order valence-corrected chi connectivity index (χ4v) is 1.22. The maximum atomic E-state index is 3.09. The molecule has 0 bridgehead atoms. The number of benzene rings is 1. The van der Waals surface area contributed by atoms with Crippen molar-refractivity contribution in [1.29, 1.82) is 0 Å². The minimum Gasteiger partial charge on any atom is -0.303 e. The van der Waals surface area contributed by atoms with E-state index >= 15 is 0 Å². The molecule has 1 aliphatic heterocycles. The van der Waals surface area contributed by atoms with Gasteiger partial charge in [0.05, 0.1) is 6.54 Å². The van der Waals surface area contributed by atoms with Crippen LogP contribution >= 0.6 is 0 Å². The van der Waals surface area contributed by atoms with Gasteiger partial charge in [-0.3, -0.25) is 0 Å². The van der Waals surface area contributed by atoms with Crippen LogP contribution in [-0.4, -0.2) is 0 Å². The lowest BCUT2D eigenvalue weighted by molar-refractivity contribution is 0.726. The van der Waals surface area contributed by atoms with E-state index in [0.717, 1.165) is 13.0 Å². The molecule has 0 unspecified atom stereocenters. The van der Waals surface area contributed by atoms with Gasteiger partial charge in [-0.05, 0) is 17.5 Å². The second kappa shape index (κ2) is 2.43. The largest absolute Gasteiger partial charge is 0.303 e. The molecule has 50 valence electrons. The van der Waals surface area contributed by atoms with Gasteiger partial charge in [-0.25, -0.2) is 0 Å². The van der Waals surface area contributed by atoms with Crippen molar-refractivity contribution in [2.24, 2.45) is 0 Å². The van der Waals surface area contributed by atoms with Crippen molar-refractivity contribution < 1.29 is 0 Å². The fraction of sp³-hybridized carbons (Fsp3) is 0.222. The third-order valence-corrected chi connectivity index (χ3v) is 1.80.